The minimum atomic E-state index is -0.402. The number of nitrogens with zero attached hydrogens (tertiary/aromatic N) is 2. The van der Waals surface area contributed by atoms with E-state index in [2.05, 4.69) is 15.6 Å². The molecule has 0 radical (unpaired) electrons. The molecule has 9 heteroatoms. The highest BCUT2D eigenvalue weighted by molar-refractivity contribution is 6.08. The predicted molar refractivity (Wildman–Crippen MR) is 124 cm³/mol. The Morgan fingerprint density at radius 1 is 1.21 bits per heavy atom. The van der Waals surface area contributed by atoms with Crippen molar-refractivity contribution in [2.24, 2.45) is 0 Å². The first-order valence-electron chi connectivity index (χ1n) is 10.9. The lowest BCUT2D eigenvalue weighted by Gasteiger charge is -2.30. The molecule has 1 fully saturated rings. The van der Waals surface area contributed by atoms with Gasteiger partial charge in [-0.25, -0.2) is 15.1 Å². The molecule has 4 N–H and O–H groups in total. The summed E-state index contributed by atoms with van der Waals surface area (Å²) in [7, 11) is 1.73. The summed E-state index contributed by atoms with van der Waals surface area (Å²) in [6.07, 6.45) is 6.42. The second-order valence-corrected chi connectivity index (χ2v) is 7.69. The number of ether oxygens (including phenoxy) is 2. The van der Waals surface area contributed by atoms with E-state index in [4.69, 9.17) is 14.9 Å². The number of amidine groups is 1. The molecule has 0 saturated carbocycles. The van der Waals surface area contributed by atoms with Gasteiger partial charge in [-0.3, -0.25) is 10.2 Å². The van der Waals surface area contributed by atoms with Gasteiger partial charge in [-0.05, 0) is 44.0 Å². The van der Waals surface area contributed by atoms with Crippen LogP contribution in [-0.4, -0.2) is 53.8 Å². The zero-order valence-electron chi connectivity index (χ0n) is 19.1. The van der Waals surface area contributed by atoms with Crippen LogP contribution in [0.2, 0.25) is 0 Å². The monoisotopic (exact) mass is 452 g/mol. The first-order chi connectivity index (χ1) is 15.9. The van der Waals surface area contributed by atoms with Crippen molar-refractivity contribution in [3.05, 3.63) is 60.1 Å². The van der Waals surface area contributed by atoms with E-state index < -0.39 is 5.91 Å². The third kappa shape index (κ3) is 6.55. The van der Waals surface area contributed by atoms with Crippen LogP contribution in [0.4, 0.5) is 0 Å². The van der Waals surface area contributed by atoms with E-state index in [9.17, 15) is 9.59 Å². The molecule has 2 heterocycles. The normalized spacial score (nSPS) is 13.7. The van der Waals surface area contributed by atoms with Gasteiger partial charge in [-0.1, -0.05) is 6.92 Å². The molecule has 2 amide bonds. The molecule has 1 aromatic heterocycles. The lowest BCUT2D eigenvalue weighted by Crippen LogP contribution is -2.49. The maximum atomic E-state index is 12.7. The number of hydrogen-bond donors (Lipinski definition) is 3. The topological polar surface area (TPSA) is 118 Å². The Labute approximate surface area is 193 Å². The van der Waals surface area contributed by atoms with Crippen molar-refractivity contribution in [2.75, 3.05) is 20.1 Å². The van der Waals surface area contributed by atoms with Gasteiger partial charge >= 0.3 is 5.91 Å². The van der Waals surface area contributed by atoms with Crippen LogP contribution < -0.4 is 25.5 Å². The number of benzene rings is 1. The first kappa shape index (κ1) is 23.8. The van der Waals surface area contributed by atoms with Gasteiger partial charge in [0.15, 0.2) is 0 Å². The van der Waals surface area contributed by atoms with Gasteiger partial charge < -0.3 is 19.7 Å². The first-order valence-corrected chi connectivity index (χ1v) is 10.9. The predicted octanol–water partition coefficient (Wildman–Crippen LogP) is 1.52. The van der Waals surface area contributed by atoms with E-state index in [1.54, 1.807) is 54.6 Å². The van der Waals surface area contributed by atoms with E-state index >= 15 is 0 Å². The summed E-state index contributed by atoms with van der Waals surface area (Å²) in [5.74, 6) is 1.03. The fraction of sp³-hybridized carbons (Fsp3) is 0.333. The fourth-order valence-corrected chi connectivity index (χ4v) is 2.95. The molecule has 1 atom stereocenters. The Hall–Kier alpha value is -3.88. The summed E-state index contributed by atoms with van der Waals surface area (Å²) >= 11 is 0. The van der Waals surface area contributed by atoms with Crippen LogP contribution in [0.25, 0.3) is 0 Å². The van der Waals surface area contributed by atoms with Gasteiger partial charge in [0.2, 0.25) is 0 Å². The third-order valence-corrected chi connectivity index (χ3v) is 5.08. The Morgan fingerprint density at radius 3 is 2.58 bits per heavy atom. The smallest absolute Gasteiger partial charge is 0.339 e. The van der Waals surface area contributed by atoms with Gasteiger partial charge in [0.1, 0.15) is 22.9 Å². The molecule has 1 aliphatic rings. The summed E-state index contributed by atoms with van der Waals surface area (Å²) in [5.41, 5.74) is 0.695. The summed E-state index contributed by atoms with van der Waals surface area (Å²) in [5, 5.41) is 11.3. The van der Waals surface area contributed by atoms with Crippen molar-refractivity contribution in [3.63, 3.8) is 0 Å². The summed E-state index contributed by atoms with van der Waals surface area (Å²) < 4.78 is 11.8. The Balaban J connectivity index is 1.79. The quantitative estimate of drug-likeness (QED) is 0.392. The minimum Gasteiger partial charge on any atom is -0.491 e. The highest BCUT2D eigenvalue weighted by Gasteiger charge is 2.22. The summed E-state index contributed by atoms with van der Waals surface area (Å²) in [6.45, 7) is 5.48. The van der Waals surface area contributed by atoms with Crippen LogP contribution in [0, 0.1) is 0 Å². The van der Waals surface area contributed by atoms with E-state index in [0.29, 0.717) is 28.5 Å². The second kappa shape index (κ2) is 11.1. The molecular formula is C24H30N5O4+. The van der Waals surface area contributed by atoms with Crippen LogP contribution in [0.3, 0.4) is 0 Å². The summed E-state index contributed by atoms with van der Waals surface area (Å²) in [6, 6.07) is 8.24. The maximum absolute atomic E-state index is 12.7. The van der Waals surface area contributed by atoms with Crippen molar-refractivity contribution in [2.45, 2.75) is 32.8 Å². The maximum Gasteiger partial charge on any atom is 0.339 e. The van der Waals surface area contributed by atoms with E-state index in [0.717, 1.165) is 25.9 Å². The van der Waals surface area contributed by atoms with Crippen molar-refractivity contribution in [1.29, 1.82) is 0 Å². The van der Waals surface area contributed by atoms with Crippen molar-refractivity contribution in [3.8, 4) is 17.2 Å². The highest BCUT2D eigenvalue weighted by atomic mass is 16.5. The molecule has 174 valence electrons. The molecule has 9 nitrogen and oxygen atoms in total. The molecule has 2 aromatic rings. The molecule has 0 aliphatic carbocycles. The lowest BCUT2D eigenvalue weighted by atomic mass is 10.1. The number of hydrogen-bond acceptors (Lipinski definition) is 6. The van der Waals surface area contributed by atoms with E-state index in [-0.39, 0.29) is 17.8 Å². The lowest BCUT2D eigenvalue weighted by molar-refractivity contribution is -0.115. The van der Waals surface area contributed by atoms with Crippen LogP contribution in [0.1, 0.15) is 47.5 Å². The van der Waals surface area contributed by atoms with Gasteiger partial charge in [0.25, 0.3) is 11.7 Å². The molecule has 1 aliphatic heterocycles. The molecule has 3 rings (SSSR count). The number of pyridine rings is 1. The van der Waals surface area contributed by atoms with Crippen molar-refractivity contribution in [1.82, 2.24) is 20.5 Å². The van der Waals surface area contributed by atoms with Gasteiger partial charge in [-0.15, -0.1) is 0 Å². The molecule has 1 saturated heterocycles. The number of aromatic nitrogens is 1. The zero-order valence-corrected chi connectivity index (χ0v) is 19.1. The SMILES string of the molecule is CC[C@H](C)Oc1cc(Oc2ccc(C(=O)N3CCC3)nc2)cc(C(=O)NC(=[NH2+])/C=C\NC)c1. The third-order valence-electron chi connectivity index (χ3n) is 5.08. The molecule has 0 spiro atoms. The van der Waals surface area contributed by atoms with Crippen LogP contribution >= 0.6 is 0 Å². The van der Waals surface area contributed by atoms with E-state index in [1.807, 2.05) is 13.8 Å². The standard InChI is InChI=1S/C24H29N5O4/c1-4-16(2)32-19-12-17(23(30)28-22(25)8-9-26-3)13-20(14-19)33-18-6-7-21(27-15-18)24(31)29-10-5-11-29/h6-9,12-16,26H,4-5,10-11H2,1-3H3,(H2,25,28,30)/p+1/b9-8-/t16-/m0/s1. The summed E-state index contributed by atoms with van der Waals surface area (Å²) in [4.78, 5) is 31.0. The van der Waals surface area contributed by atoms with Gasteiger partial charge in [0, 0.05) is 38.5 Å². The zero-order chi connectivity index (χ0) is 23.8. The molecule has 0 unspecified atom stereocenters. The number of likely N-dealkylation sites (tertiary alicyclic amines) is 1. The molecule has 0 bridgehead atoms. The minimum absolute atomic E-state index is 0.0418. The second-order valence-electron chi connectivity index (χ2n) is 7.69. The highest BCUT2D eigenvalue weighted by Crippen LogP contribution is 2.28. The van der Waals surface area contributed by atoms with Crippen LogP contribution in [-0.2, 0) is 0 Å². The Morgan fingerprint density at radius 2 is 1.97 bits per heavy atom. The van der Waals surface area contributed by atoms with E-state index in [1.165, 1.54) is 6.20 Å². The van der Waals surface area contributed by atoms with Crippen molar-refractivity contribution >= 4 is 17.6 Å². The molecule has 33 heavy (non-hydrogen) atoms. The fourth-order valence-electron chi connectivity index (χ4n) is 2.95. The average Bonchev–Trinajstić information content (AvgIpc) is 2.76. The van der Waals surface area contributed by atoms with Crippen LogP contribution in [0.15, 0.2) is 48.8 Å². The number of nitrogens with one attached hydrogen (secondary N) is 2. The Bertz CT molecular complexity index is 1030. The van der Waals surface area contributed by atoms with Crippen molar-refractivity contribution < 1.29 is 24.5 Å². The van der Waals surface area contributed by atoms with Gasteiger partial charge in [0.05, 0.1) is 17.9 Å². The molecule has 1 aromatic carbocycles. The number of amides is 2. The van der Waals surface area contributed by atoms with Gasteiger partial charge in [-0.2, -0.15) is 0 Å². The largest absolute Gasteiger partial charge is 0.491 e. The molecular weight excluding hydrogens is 422 g/mol. The number of rotatable bonds is 9. The van der Waals surface area contributed by atoms with Crippen LogP contribution in [0.5, 0.6) is 17.2 Å². The Kier molecular flexibility index (Phi) is 8.01. The average molecular weight is 453 g/mol. The number of nitrogens with two attached hydrogens (primary N) is 1. The number of carbonyl (C=O) groups is 2. The number of carbonyl (C=O) groups excluding carboxylic acids is 2.